The van der Waals surface area contributed by atoms with Gasteiger partial charge in [-0.25, -0.2) is 9.98 Å². The molecule has 0 aliphatic carbocycles. The van der Waals surface area contributed by atoms with Gasteiger partial charge < -0.3 is 0 Å². The van der Waals surface area contributed by atoms with E-state index >= 15 is 0 Å². The van der Waals surface area contributed by atoms with Crippen LogP contribution >= 0.6 is 0 Å². The average molecular weight is 80.1 g/mol. The molecule has 0 amide bonds. The normalized spacial score (nSPS) is 17.0. The second-order valence-electron chi connectivity index (χ2n) is 0.973. The summed E-state index contributed by atoms with van der Waals surface area (Å²) >= 11 is 0. The zero-order valence-electron chi connectivity index (χ0n) is 3.26. The van der Waals surface area contributed by atoms with Crippen LogP contribution in [0.15, 0.2) is 22.4 Å². The first-order valence-corrected chi connectivity index (χ1v) is 1.65. The van der Waals surface area contributed by atoms with Crippen molar-refractivity contribution in [3.63, 3.8) is 0 Å². The van der Waals surface area contributed by atoms with Gasteiger partial charge in [0.1, 0.15) is 5.82 Å². The Morgan fingerprint density at radius 1 is 1.33 bits per heavy atom. The van der Waals surface area contributed by atoms with Crippen LogP contribution < -0.4 is 0 Å². The number of hydrogen-bond acceptors (Lipinski definition) is 2. The zero-order chi connectivity index (χ0) is 4.41. The van der Waals surface area contributed by atoms with Gasteiger partial charge in [-0.05, 0) is 0 Å². The second-order valence-corrected chi connectivity index (χ2v) is 0.973. The van der Waals surface area contributed by atoms with Crippen molar-refractivity contribution in [1.82, 2.24) is 0 Å². The first-order valence-electron chi connectivity index (χ1n) is 1.65. The highest BCUT2D eigenvalue weighted by Gasteiger charge is 1.83. The standard InChI is InChI=1S/C4H4N2/c1-4-5-2-3-6-4/h2-3H,1H2. The summed E-state index contributed by atoms with van der Waals surface area (Å²) < 4.78 is 0. The van der Waals surface area contributed by atoms with Gasteiger partial charge in [-0.2, -0.15) is 0 Å². The molecule has 0 fully saturated rings. The Morgan fingerprint density at radius 3 is 2.00 bits per heavy atom. The maximum Gasteiger partial charge on any atom is 0.144 e. The first-order chi connectivity index (χ1) is 2.89. The summed E-state index contributed by atoms with van der Waals surface area (Å²) in [6, 6.07) is 0. The minimum Gasteiger partial charge on any atom is -0.236 e. The Hall–Kier alpha value is -0.920. The van der Waals surface area contributed by atoms with Crippen LogP contribution in [0, 0.1) is 0 Å². The van der Waals surface area contributed by atoms with Crippen molar-refractivity contribution in [1.29, 1.82) is 0 Å². The van der Waals surface area contributed by atoms with Gasteiger partial charge in [-0.3, -0.25) is 0 Å². The third-order valence-corrected chi connectivity index (χ3v) is 0.514. The molecule has 0 saturated heterocycles. The van der Waals surface area contributed by atoms with Crippen LogP contribution in [0.5, 0.6) is 0 Å². The molecular weight excluding hydrogens is 76.1 g/mol. The second kappa shape index (κ2) is 1.05. The molecule has 1 heterocycles. The number of rotatable bonds is 0. The Morgan fingerprint density at radius 2 is 1.83 bits per heavy atom. The van der Waals surface area contributed by atoms with Gasteiger partial charge in [0.05, 0.1) is 0 Å². The summed E-state index contributed by atoms with van der Waals surface area (Å²) in [4.78, 5) is 7.39. The smallest absolute Gasteiger partial charge is 0.144 e. The highest BCUT2D eigenvalue weighted by molar-refractivity contribution is 6.18. The number of nitrogens with zero attached hydrogens (tertiary/aromatic N) is 2. The minimum atomic E-state index is 0.593. The summed E-state index contributed by atoms with van der Waals surface area (Å²) in [7, 11) is 0. The fourth-order valence-electron chi connectivity index (χ4n) is 0.272. The predicted molar refractivity (Wildman–Crippen MR) is 26.1 cm³/mol. The van der Waals surface area contributed by atoms with Crippen molar-refractivity contribution < 1.29 is 0 Å². The summed E-state index contributed by atoms with van der Waals surface area (Å²) in [5.74, 6) is 0.593. The van der Waals surface area contributed by atoms with E-state index in [1.165, 1.54) is 0 Å². The zero-order valence-corrected chi connectivity index (χ0v) is 3.26. The van der Waals surface area contributed by atoms with Crippen molar-refractivity contribution in [3.05, 3.63) is 12.4 Å². The van der Waals surface area contributed by atoms with Gasteiger partial charge in [0.2, 0.25) is 0 Å². The summed E-state index contributed by atoms with van der Waals surface area (Å²) in [5.41, 5.74) is 0. The predicted octanol–water partition coefficient (Wildman–Crippen LogP) is 0.613. The van der Waals surface area contributed by atoms with Crippen LogP contribution in [0.4, 0.5) is 0 Å². The maximum absolute atomic E-state index is 3.69. The third kappa shape index (κ3) is 0.360. The lowest BCUT2D eigenvalue weighted by Gasteiger charge is -1.71. The highest BCUT2D eigenvalue weighted by Crippen LogP contribution is 1.94. The minimum absolute atomic E-state index is 0.593. The SMILES string of the molecule is C=C1N=CC=N1. The van der Waals surface area contributed by atoms with Gasteiger partial charge in [0.25, 0.3) is 0 Å². The van der Waals surface area contributed by atoms with Gasteiger partial charge in [0, 0.05) is 12.4 Å². The molecule has 0 aromatic heterocycles. The lowest BCUT2D eigenvalue weighted by atomic mass is 10.9. The van der Waals surface area contributed by atoms with Crippen LogP contribution in [0.1, 0.15) is 0 Å². The molecule has 0 spiro atoms. The molecular formula is C4H4N2. The molecule has 6 heavy (non-hydrogen) atoms. The summed E-state index contributed by atoms with van der Waals surface area (Å²) in [6.45, 7) is 3.46. The van der Waals surface area contributed by atoms with Crippen molar-refractivity contribution in [2.45, 2.75) is 0 Å². The number of aliphatic imine (C=N–C) groups is 2. The Balaban J connectivity index is 2.86. The third-order valence-electron chi connectivity index (χ3n) is 0.514. The molecule has 0 atom stereocenters. The van der Waals surface area contributed by atoms with E-state index in [2.05, 4.69) is 16.6 Å². The molecule has 0 bridgehead atoms. The van der Waals surface area contributed by atoms with E-state index < -0.39 is 0 Å². The Bertz CT molecular complexity index is 108. The lowest BCUT2D eigenvalue weighted by molar-refractivity contribution is 1.31. The molecule has 30 valence electrons. The fourth-order valence-corrected chi connectivity index (χ4v) is 0.272. The molecule has 0 unspecified atom stereocenters. The van der Waals surface area contributed by atoms with Crippen LogP contribution in [0.25, 0.3) is 0 Å². The molecule has 0 aromatic rings. The lowest BCUT2D eigenvalue weighted by Crippen LogP contribution is -1.56. The summed E-state index contributed by atoms with van der Waals surface area (Å²) in [6.07, 6.45) is 3.23. The molecule has 0 radical (unpaired) electrons. The van der Waals surface area contributed by atoms with E-state index in [4.69, 9.17) is 0 Å². The fraction of sp³-hybridized carbons (Fsp3) is 0. The van der Waals surface area contributed by atoms with Gasteiger partial charge in [-0.15, -0.1) is 0 Å². The van der Waals surface area contributed by atoms with Crippen molar-refractivity contribution in [2.24, 2.45) is 9.98 Å². The number of hydrogen-bond donors (Lipinski definition) is 0. The average Bonchev–Trinajstić information content (AvgIpc) is 1.86. The van der Waals surface area contributed by atoms with Crippen molar-refractivity contribution in [3.8, 4) is 0 Å². The molecule has 0 aromatic carbocycles. The monoisotopic (exact) mass is 80.0 g/mol. The van der Waals surface area contributed by atoms with Gasteiger partial charge >= 0.3 is 0 Å². The van der Waals surface area contributed by atoms with Gasteiger partial charge in [-0.1, -0.05) is 6.58 Å². The molecule has 2 nitrogen and oxygen atoms in total. The molecule has 2 heteroatoms. The molecule has 1 rings (SSSR count). The van der Waals surface area contributed by atoms with E-state index in [9.17, 15) is 0 Å². The molecule has 1 aliphatic heterocycles. The quantitative estimate of drug-likeness (QED) is 0.407. The van der Waals surface area contributed by atoms with E-state index in [1.807, 2.05) is 0 Å². The van der Waals surface area contributed by atoms with E-state index in [0.717, 1.165) is 0 Å². The first kappa shape index (κ1) is 3.28. The Labute approximate surface area is 35.9 Å². The van der Waals surface area contributed by atoms with Crippen LogP contribution in [-0.2, 0) is 0 Å². The van der Waals surface area contributed by atoms with E-state index in [-0.39, 0.29) is 0 Å². The largest absolute Gasteiger partial charge is 0.236 e. The maximum atomic E-state index is 3.69. The van der Waals surface area contributed by atoms with Crippen molar-refractivity contribution >= 4 is 12.4 Å². The van der Waals surface area contributed by atoms with E-state index in [0.29, 0.717) is 5.82 Å². The Kier molecular flexibility index (Phi) is 0.572. The summed E-state index contributed by atoms with van der Waals surface area (Å²) in [5, 5.41) is 0. The van der Waals surface area contributed by atoms with Gasteiger partial charge in [0.15, 0.2) is 0 Å². The van der Waals surface area contributed by atoms with Crippen molar-refractivity contribution in [2.75, 3.05) is 0 Å². The molecule has 0 saturated carbocycles. The van der Waals surface area contributed by atoms with E-state index in [1.54, 1.807) is 12.4 Å². The van der Waals surface area contributed by atoms with Crippen LogP contribution in [-0.4, -0.2) is 12.4 Å². The molecule has 0 N–H and O–H groups in total. The topological polar surface area (TPSA) is 24.7 Å². The van der Waals surface area contributed by atoms with Crippen LogP contribution in [0.3, 0.4) is 0 Å². The highest BCUT2D eigenvalue weighted by atomic mass is 15.0. The molecule has 1 aliphatic rings. The van der Waals surface area contributed by atoms with Crippen LogP contribution in [0.2, 0.25) is 0 Å².